The molecule has 148 valence electrons. The van der Waals surface area contributed by atoms with Gasteiger partial charge in [-0.25, -0.2) is 23.2 Å². The van der Waals surface area contributed by atoms with Crippen molar-refractivity contribution in [2.45, 2.75) is 5.03 Å². The largest absolute Gasteiger partial charge is 0.401 e. The number of hydrogen-bond acceptors (Lipinski definition) is 6. The number of rotatable bonds is 3. The second-order valence-electron chi connectivity index (χ2n) is 6.06. The van der Waals surface area contributed by atoms with E-state index in [1.165, 1.54) is 22.9 Å². The lowest BCUT2D eigenvalue weighted by Gasteiger charge is -2.12. The molecule has 7 nitrogen and oxygen atoms in total. The van der Waals surface area contributed by atoms with Crippen LogP contribution in [0.5, 0.6) is 0 Å². The Morgan fingerprint density at radius 2 is 1.93 bits per heavy atom. The normalized spacial score (nSPS) is 11.9. The Kier molecular flexibility index (Phi) is 5.14. The maximum absolute atomic E-state index is 12.6. The molecule has 29 heavy (non-hydrogen) atoms. The summed E-state index contributed by atoms with van der Waals surface area (Å²) in [6, 6.07) is 9.42. The van der Waals surface area contributed by atoms with Crippen molar-refractivity contribution in [3.8, 4) is 17.4 Å². The fourth-order valence-corrected chi connectivity index (χ4v) is 5.20. The van der Waals surface area contributed by atoms with Crippen LogP contribution in [0.3, 0.4) is 0 Å². The number of benzene rings is 1. The summed E-state index contributed by atoms with van der Waals surface area (Å²) in [6.07, 6.45) is 2.55. The third-order valence-electron chi connectivity index (χ3n) is 4.05. The van der Waals surface area contributed by atoms with Crippen molar-refractivity contribution >= 4 is 64.2 Å². The molecule has 4 aromatic rings. The van der Waals surface area contributed by atoms with Gasteiger partial charge >= 0.3 is 5.63 Å². The Hall–Kier alpha value is -2.01. The lowest BCUT2D eigenvalue weighted by molar-refractivity contribution is 0.513. The summed E-state index contributed by atoms with van der Waals surface area (Å²) in [7, 11) is -3.65. The molecule has 0 saturated heterocycles. The molecule has 0 N–H and O–H groups in total. The first kappa shape index (κ1) is 20.3. The van der Waals surface area contributed by atoms with E-state index in [0.717, 1.165) is 6.26 Å². The van der Waals surface area contributed by atoms with Crippen molar-refractivity contribution < 1.29 is 12.8 Å². The zero-order valence-electron chi connectivity index (χ0n) is 14.6. The maximum Gasteiger partial charge on any atom is 0.347 e. The van der Waals surface area contributed by atoms with Gasteiger partial charge in [0.15, 0.2) is 15.7 Å². The van der Waals surface area contributed by atoms with Crippen molar-refractivity contribution in [3.05, 3.63) is 67.0 Å². The molecule has 0 fully saturated rings. The maximum atomic E-state index is 12.6. The molecule has 0 spiro atoms. The van der Waals surface area contributed by atoms with E-state index in [1.54, 1.807) is 24.3 Å². The first-order valence-electron chi connectivity index (χ1n) is 8.00. The van der Waals surface area contributed by atoms with Crippen LogP contribution in [0.2, 0.25) is 5.02 Å². The van der Waals surface area contributed by atoms with Gasteiger partial charge in [-0.15, -0.1) is 0 Å². The van der Waals surface area contributed by atoms with Crippen molar-refractivity contribution in [1.29, 1.82) is 0 Å². The van der Waals surface area contributed by atoms with Crippen molar-refractivity contribution in [1.82, 2.24) is 14.5 Å². The predicted molar refractivity (Wildman–Crippen MR) is 116 cm³/mol. The molecular weight excluding hydrogens is 550 g/mol. The van der Waals surface area contributed by atoms with Crippen LogP contribution < -0.4 is 5.63 Å². The van der Waals surface area contributed by atoms with Crippen LogP contribution >= 0.6 is 43.5 Å². The molecule has 0 amide bonds. The van der Waals surface area contributed by atoms with E-state index in [-0.39, 0.29) is 32.8 Å². The van der Waals surface area contributed by atoms with E-state index < -0.39 is 15.5 Å². The van der Waals surface area contributed by atoms with Gasteiger partial charge in [-0.3, -0.25) is 4.57 Å². The van der Waals surface area contributed by atoms with Gasteiger partial charge in [-0.2, -0.15) is 0 Å². The molecule has 3 aromatic heterocycles. The lowest BCUT2D eigenvalue weighted by atomic mass is 10.2. The third-order valence-corrected chi connectivity index (χ3v) is 6.48. The second kappa shape index (κ2) is 7.35. The van der Waals surface area contributed by atoms with Crippen LogP contribution in [0.4, 0.5) is 0 Å². The summed E-state index contributed by atoms with van der Waals surface area (Å²) >= 11 is 13.0. The fourth-order valence-electron chi connectivity index (χ4n) is 2.85. The number of aromatic nitrogens is 3. The highest BCUT2D eigenvalue weighted by Gasteiger charge is 2.24. The second-order valence-corrected chi connectivity index (χ2v) is 10.2. The van der Waals surface area contributed by atoms with Crippen LogP contribution in [-0.4, -0.2) is 29.2 Å². The first-order valence-corrected chi connectivity index (χ1v) is 11.9. The van der Waals surface area contributed by atoms with E-state index in [1.807, 2.05) is 0 Å². The van der Waals surface area contributed by atoms with Crippen LogP contribution in [0.25, 0.3) is 28.3 Å². The van der Waals surface area contributed by atoms with Gasteiger partial charge in [0.25, 0.3) is 0 Å². The molecule has 3 heterocycles. The van der Waals surface area contributed by atoms with Gasteiger partial charge < -0.3 is 4.42 Å². The number of pyridine rings is 1. The van der Waals surface area contributed by atoms with Crippen LogP contribution in [0.15, 0.2) is 65.8 Å². The Balaban J connectivity index is 2.08. The molecule has 11 heteroatoms. The molecule has 0 saturated carbocycles. The van der Waals surface area contributed by atoms with E-state index >= 15 is 0 Å². The van der Waals surface area contributed by atoms with Gasteiger partial charge in [0.1, 0.15) is 10.7 Å². The number of fused-ring (bicyclic) bond motifs is 1. The monoisotopic (exact) mass is 557 g/mol. The molecule has 0 unspecified atom stereocenters. The minimum absolute atomic E-state index is 0.0625. The molecule has 0 aliphatic rings. The Bertz CT molecular complexity index is 1450. The summed E-state index contributed by atoms with van der Waals surface area (Å²) < 4.78 is 32.7. The Labute approximate surface area is 186 Å². The number of halogens is 3. The SMILES string of the molecule is CS(=O)(=O)c1ccc(-c2nc3c(Br)cc(Br)cc3c(=O)o2)n1-c1ncccc1Cl. The average molecular weight is 560 g/mol. The van der Waals surface area contributed by atoms with E-state index in [4.69, 9.17) is 16.0 Å². The quantitative estimate of drug-likeness (QED) is 0.364. The molecule has 0 radical (unpaired) electrons. The highest BCUT2D eigenvalue weighted by atomic mass is 79.9. The molecule has 0 atom stereocenters. The number of sulfone groups is 1. The average Bonchev–Trinajstić information content (AvgIpc) is 3.08. The molecule has 0 bridgehead atoms. The van der Waals surface area contributed by atoms with Crippen molar-refractivity contribution in [2.75, 3.05) is 6.26 Å². The molecule has 0 aliphatic heterocycles. The van der Waals surface area contributed by atoms with E-state index in [2.05, 4.69) is 41.8 Å². The summed E-state index contributed by atoms with van der Waals surface area (Å²) in [5.41, 5.74) is -0.0205. The van der Waals surface area contributed by atoms with Crippen molar-refractivity contribution in [3.63, 3.8) is 0 Å². The zero-order valence-corrected chi connectivity index (χ0v) is 19.3. The topological polar surface area (TPSA) is 95.1 Å². The van der Waals surface area contributed by atoms with Gasteiger partial charge in [0, 0.05) is 21.4 Å². The highest BCUT2D eigenvalue weighted by molar-refractivity contribution is 9.11. The molecule has 4 rings (SSSR count). The van der Waals surface area contributed by atoms with Gasteiger partial charge in [-0.05, 0) is 52.3 Å². The van der Waals surface area contributed by atoms with E-state index in [0.29, 0.717) is 14.5 Å². The zero-order chi connectivity index (χ0) is 20.9. The number of nitrogens with zero attached hydrogens (tertiary/aromatic N) is 3. The lowest BCUT2D eigenvalue weighted by Crippen LogP contribution is -2.11. The predicted octanol–water partition coefficient (Wildman–Crippen LogP) is 4.62. The third kappa shape index (κ3) is 3.65. The van der Waals surface area contributed by atoms with Gasteiger partial charge in [0.05, 0.1) is 15.9 Å². The molecular formula is C18H10Br2ClN3O4S. The highest BCUT2D eigenvalue weighted by Crippen LogP contribution is 2.32. The smallest absolute Gasteiger partial charge is 0.347 e. The summed E-state index contributed by atoms with van der Waals surface area (Å²) in [4.78, 5) is 21.2. The fraction of sp³-hybridized carbons (Fsp3) is 0.0556. The van der Waals surface area contributed by atoms with Gasteiger partial charge in [-0.1, -0.05) is 27.5 Å². The van der Waals surface area contributed by atoms with Crippen LogP contribution in [0, 0.1) is 0 Å². The van der Waals surface area contributed by atoms with Crippen LogP contribution in [-0.2, 0) is 9.84 Å². The molecule has 1 aromatic carbocycles. The Morgan fingerprint density at radius 3 is 2.62 bits per heavy atom. The summed E-state index contributed by atoms with van der Waals surface area (Å²) in [5, 5.41) is 0.433. The van der Waals surface area contributed by atoms with Crippen molar-refractivity contribution in [2.24, 2.45) is 0 Å². The number of hydrogen-bond donors (Lipinski definition) is 0. The minimum Gasteiger partial charge on any atom is -0.401 e. The van der Waals surface area contributed by atoms with Gasteiger partial charge in [0.2, 0.25) is 5.89 Å². The minimum atomic E-state index is -3.65. The standard InChI is InChI=1S/C18H10Br2ClN3O4S/c1-29(26,27)14-5-4-13(24(14)16-12(21)3-2-6-22-16)17-23-15-10(18(25)28-17)7-9(19)8-11(15)20/h2-8H,1H3. The van der Waals surface area contributed by atoms with Crippen LogP contribution in [0.1, 0.15) is 0 Å². The molecule has 0 aliphatic carbocycles. The summed E-state index contributed by atoms with van der Waals surface area (Å²) in [6.45, 7) is 0. The summed E-state index contributed by atoms with van der Waals surface area (Å²) in [5.74, 6) is 0.108. The first-order chi connectivity index (χ1) is 13.7. The Morgan fingerprint density at radius 1 is 1.17 bits per heavy atom. The van der Waals surface area contributed by atoms with E-state index in [9.17, 15) is 13.2 Å².